The first-order valence-electron chi connectivity index (χ1n) is 8.28. The van der Waals surface area contributed by atoms with Crippen LogP contribution in [0.3, 0.4) is 0 Å². The molecule has 0 fully saturated rings. The third-order valence-corrected chi connectivity index (χ3v) is 4.47. The molecule has 0 amide bonds. The van der Waals surface area contributed by atoms with Crippen molar-refractivity contribution < 1.29 is 28.6 Å². The highest BCUT2D eigenvalue weighted by atomic mass is 32.2. The number of hydrogen-bond donors (Lipinski definition) is 1. The van der Waals surface area contributed by atoms with Crippen LogP contribution in [0, 0.1) is 10.1 Å². The van der Waals surface area contributed by atoms with E-state index in [1.54, 1.807) is 6.26 Å². The molecule has 1 aliphatic heterocycles. The van der Waals surface area contributed by atoms with Gasteiger partial charge < -0.3 is 29.0 Å². The van der Waals surface area contributed by atoms with Crippen LogP contribution in [0.5, 0.6) is 11.5 Å². The molecule has 1 aromatic carbocycles. The maximum Gasteiger partial charge on any atom is 0.296 e. The number of nitrogens with zero attached hydrogens (tertiary/aromatic N) is 1. The quantitative estimate of drug-likeness (QED) is 0.438. The number of rotatable bonds is 2. The van der Waals surface area contributed by atoms with E-state index < -0.39 is 4.92 Å². The van der Waals surface area contributed by atoms with E-state index in [-0.39, 0.29) is 30.3 Å². The number of nitro groups is 1. The van der Waals surface area contributed by atoms with Gasteiger partial charge in [0.05, 0.1) is 50.6 Å². The second-order valence-corrected chi connectivity index (χ2v) is 6.71. The van der Waals surface area contributed by atoms with Crippen LogP contribution in [0.1, 0.15) is 0 Å². The summed E-state index contributed by atoms with van der Waals surface area (Å²) in [4.78, 5) is 10.9. The minimum atomic E-state index is -0.499. The van der Waals surface area contributed by atoms with Crippen LogP contribution in [0.25, 0.3) is 0 Å². The highest BCUT2D eigenvalue weighted by Crippen LogP contribution is 2.38. The monoisotopic (exact) mass is 418 g/mol. The zero-order chi connectivity index (χ0) is 19.5. The summed E-state index contributed by atoms with van der Waals surface area (Å²) in [6.07, 6.45) is 1.78. The van der Waals surface area contributed by atoms with Crippen molar-refractivity contribution in [3.8, 4) is 11.5 Å². The molecule has 0 saturated carbocycles. The van der Waals surface area contributed by atoms with Crippen LogP contribution >= 0.6 is 24.0 Å². The zero-order valence-electron chi connectivity index (χ0n) is 14.9. The number of fused-ring (bicyclic) bond motifs is 1. The molecule has 0 atom stereocenters. The summed E-state index contributed by atoms with van der Waals surface area (Å²) in [5.74, 6) is 0.624. The van der Waals surface area contributed by atoms with Gasteiger partial charge in [0.25, 0.3) is 5.69 Å². The molecule has 1 aliphatic rings. The normalized spacial score (nSPS) is 16.6. The highest BCUT2D eigenvalue weighted by Gasteiger charge is 2.21. The number of nitro benzene ring substituents is 1. The van der Waals surface area contributed by atoms with E-state index in [1.165, 1.54) is 23.9 Å². The van der Waals surface area contributed by atoms with Crippen LogP contribution in [0.15, 0.2) is 12.1 Å². The van der Waals surface area contributed by atoms with E-state index in [0.29, 0.717) is 49.7 Å². The summed E-state index contributed by atoms with van der Waals surface area (Å²) in [6.45, 7) is 2.97. The first-order chi connectivity index (χ1) is 13.1. The minimum Gasteiger partial charge on any atom is -0.487 e. The Morgan fingerprint density at radius 2 is 1.48 bits per heavy atom. The van der Waals surface area contributed by atoms with Gasteiger partial charge in [0.2, 0.25) is 0 Å². The molecule has 0 saturated heterocycles. The number of nitrogens with one attached hydrogen (secondary N) is 1. The van der Waals surface area contributed by atoms with Crippen molar-refractivity contribution in [2.24, 2.45) is 0 Å². The molecule has 150 valence electrons. The molecule has 0 radical (unpaired) electrons. The first kappa shape index (κ1) is 21.6. The number of ether oxygens (including phenoxy) is 5. The van der Waals surface area contributed by atoms with E-state index in [9.17, 15) is 10.1 Å². The molecule has 0 aliphatic carbocycles. The standard InChI is InChI=1S/C16H22N2O7S2/c1-27-16(26)17-12-10-14-15(11-13(12)18(19)20)25-9-7-23-5-3-21-2-4-22-6-8-24-14/h10-11H,2-9H2,1H3,(H,17,26). The minimum absolute atomic E-state index is 0.155. The summed E-state index contributed by atoms with van der Waals surface area (Å²) in [5, 5.41) is 14.3. The van der Waals surface area contributed by atoms with Crippen LogP contribution in [0.4, 0.5) is 11.4 Å². The van der Waals surface area contributed by atoms with Crippen molar-refractivity contribution in [3.05, 3.63) is 22.2 Å². The molecule has 0 unspecified atom stereocenters. The highest BCUT2D eigenvalue weighted by molar-refractivity contribution is 8.22. The topological polar surface area (TPSA) is 101 Å². The van der Waals surface area contributed by atoms with Gasteiger partial charge in [-0.3, -0.25) is 10.1 Å². The average molecular weight is 418 g/mol. The van der Waals surface area contributed by atoms with Crippen LogP contribution in [-0.4, -0.2) is 68.4 Å². The lowest BCUT2D eigenvalue weighted by Crippen LogP contribution is -2.13. The SMILES string of the molecule is CSC(=S)Nc1cc2c(cc1[N+](=O)[O-])OCCOCCOCCOCCO2. The molecule has 11 heteroatoms. The smallest absolute Gasteiger partial charge is 0.296 e. The molecule has 0 spiro atoms. The Bertz CT molecular complexity index is 645. The van der Waals surface area contributed by atoms with Crippen molar-refractivity contribution in [2.45, 2.75) is 0 Å². The van der Waals surface area contributed by atoms with Crippen LogP contribution in [-0.2, 0) is 14.2 Å². The number of anilines is 1. The number of thiocarbonyl (C=S) groups is 1. The van der Waals surface area contributed by atoms with Crippen molar-refractivity contribution >= 4 is 39.7 Å². The molecular formula is C16H22N2O7S2. The van der Waals surface area contributed by atoms with E-state index in [0.717, 1.165) is 0 Å². The molecule has 1 aromatic rings. The van der Waals surface area contributed by atoms with Gasteiger partial charge >= 0.3 is 0 Å². The molecular weight excluding hydrogens is 396 g/mol. The Morgan fingerprint density at radius 1 is 1.00 bits per heavy atom. The maximum atomic E-state index is 11.4. The molecule has 2 rings (SSSR count). The Morgan fingerprint density at radius 3 is 1.96 bits per heavy atom. The Labute approximate surface area is 166 Å². The fourth-order valence-electron chi connectivity index (χ4n) is 2.15. The Kier molecular flexibility index (Phi) is 9.56. The van der Waals surface area contributed by atoms with E-state index in [2.05, 4.69) is 5.32 Å². The van der Waals surface area contributed by atoms with Crippen LogP contribution < -0.4 is 14.8 Å². The number of hydrogen-bond acceptors (Lipinski definition) is 9. The van der Waals surface area contributed by atoms with E-state index >= 15 is 0 Å². The summed E-state index contributed by atoms with van der Waals surface area (Å²) in [5.41, 5.74) is 0.0856. The average Bonchev–Trinajstić information content (AvgIpc) is 2.66. The fraction of sp³-hybridized carbons (Fsp3) is 0.562. The largest absolute Gasteiger partial charge is 0.487 e. The summed E-state index contributed by atoms with van der Waals surface area (Å²) >= 11 is 6.39. The Balaban J connectivity index is 2.22. The first-order valence-corrected chi connectivity index (χ1v) is 9.91. The molecule has 0 aromatic heterocycles. The van der Waals surface area contributed by atoms with Gasteiger partial charge in [-0.2, -0.15) is 0 Å². The van der Waals surface area contributed by atoms with Crippen molar-refractivity contribution in [1.82, 2.24) is 0 Å². The predicted octanol–water partition coefficient (Wildman–Crippen LogP) is 2.48. The lowest BCUT2D eigenvalue weighted by molar-refractivity contribution is -0.384. The summed E-state index contributed by atoms with van der Waals surface area (Å²) < 4.78 is 27.9. The van der Waals surface area contributed by atoms with Gasteiger partial charge in [0.15, 0.2) is 11.5 Å². The van der Waals surface area contributed by atoms with Crippen molar-refractivity contribution in [2.75, 3.05) is 64.4 Å². The second-order valence-electron chi connectivity index (χ2n) is 5.22. The third-order valence-electron chi connectivity index (χ3n) is 3.40. The molecule has 0 bridgehead atoms. The number of benzene rings is 1. The summed E-state index contributed by atoms with van der Waals surface area (Å²) in [7, 11) is 0. The van der Waals surface area contributed by atoms with Gasteiger partial charge in [0.1, 0.15) is 23.2 Å². The lowest BCUT2D eigenvalue weighted by Gasteiger charge is -2.15. The lowest BCUT2D eigenvalue weighted by atomic mass is 10.2. The maximum absolute atomic E-state index is 11.4. The molecule has 27 heavy (non-hydrogen) atoms. The fourth-order valence-corrected chi connectivity index (χ4v) is 2.47. The van der Waals surface area contributed by atoms with Gasteiger partial charge in [-0.25, -0.2) is 0 Å². The van der Waals surface area contributed by atoms with Gasteiger partial charge in [0, 0.05) is 6.07 Å². The third kappa shape index (κ3) is 7.46. The van der Waals surface area contributed by atoms with E-state index in [1.807, 2.05) is 0 Å². The van der Waals surface area contributed by atoms with Crippen molar-refractivity contribution in [3.63, 3.8) is 0 Å². The molecule has 1 N–H and O–H groups in total. The van der Waals surface area contributed by atoms with Crippen LogP contribution in [0.2, 0.25) is 0 Å². The summed E-state index contributed by atoms with van der Waals surface area (Å²) in [6, 6.07) is 2.83. The Hall–Kier alpha value is -1.66. The van der Waals surface area contributed by atoms with Gasteiger partial charge in [-0.05, 0) is 6.26 Å². The molecule has 1 heterocycles. The van der Waals surface area contributed by atoms with E-state index in [4.69, 9.17) is 35.9 Å². The molecule has 9 nitrogen and oxygen atoms in total. The van der Waals surface area contributed by atoms with Crippen molar-refractivity contribution in [1.29, 1.82) is 0 Å². The predicted molar refractivity (Wildman–Crippen MR) is 106 cm³/mol. The zero-order valence-corrected chi connectivity index (χ0v) is 16.6. The van der Waals surface area contributed by atoms with Gasteiger partial charge in [-0.1, -0.05) is 12.2 Å². The second kappa shape index (κ2) is 11.9. The number of thioether (sulfide) groups is 1. The van der Waals surface area contributed by atoms with Gasteiger partial charge in [-0.15, -0.1) is 11.8 Å².